The average molecular weight is 765 g/mol. The third-order valence-corrected chi connectivity index (χ3v) is 12.5. The minimum Gasteiger partial charge on any atom is -0.386 e. The maximum atomic E-state index is 15.0. The molecule has 1 saturated carbocycles. The van der Waals surface area contributed by atoms with Crippen LogP contribution in [0.4, 0.5) is 48.3 Å². The predicted molar refractivity (Wildman–Crippen MR) is 150 cm³/mol. The number of hydrogen-bond donors (Lipinski definition) is 0. The van der Waals surface area contributed by atoms with E-state index in [2.05, 4.69) is 9.72 Å². The highest BCUT2D eigenvalue weighted by Crippen LogP contribution is 2.56. The van der Waals surface area contributed by atoms with Crippen molar-refractivity contribution in [3.8, 4) is 0 Å². The van der Waals surface area contributed by atoms with Gasteiger partial charge in [-0.25, -0.2) is 22.0 Å². The Labute approximate surface area is 282 Å². The first-order chi connectivity index (χ1) is 23.4. The molecule has 1 aliphatic heterocycles. The van der Waals surface area contributed by atoms with E-state index in [0.717, 1.165) is 24.3 Å². The number of pyridine rings is 1. The van der Waals surface area contributed by atoms with Crippen LogP contribution in [0.2, 0.25) is 0 Å². The number of amides is 1. The quantitative estimate of drug-likeness (QED) is 0.150. The number of nitrogens with zero attached hydrogens (tertiary/aromatic N) is 2. The molecule has 280 valence electrons. The van der Waals surface area contributed by atoms with Gasteiger partial charge in [-0.05, 0) is 80.3 Å². The van der Waals surface area contributed by atoms with E-state index in [1.54, 1.807) is 0 Å². The lowest BCUT2D eigenvalue weighted by atomic mass is 9.74. The zero-order valence-corrected chi connectivity index (χ0v) is 26.9. The molecule has 2 heterocycles. The summed E-state index contributed by atoms with van der Waals surface area (Å²) in [6, 6.07) is 2.30. The molecule has 2 fully saturated rings. The number of sulfone groups is 1. The van der Waals surface area contributed by atoms with Gasteiger partial charge in [-0.2, -0.15) is 39.5 Å². The van der Waals surface area contributed by atoms with E-state index in [0.29, 0.717) is 0 Å². The normalized spacial score (nSPS) is 25.9. The van der Waals surface area contributed by atoms with Gasteiger partial charge in [-0.1, -0.05) is 6.92 Å². The van der Waals surface area contributed by atoms with Gasteiger partial charge < -0.3 is 9.64 Å². The molecule has 2 aromatic rings. The second-order valence-corrected chi connectivity index (χ2v) is 15.1. The average Bonchev–Trinajstić information content (AvgIpc) is 3.44. The minimum atomic E-state index is -6.48. The summed E-state index contributed by atoms with van der Waals surface area (Å²) in [6.07, 6.45) is -20.2. The van der Waals surface area contributed by atoms with Crippen molar-refractivity contribution in [3.63, 3.8) is 0 Å². The Hall–Kier alpha value is -3.84. The van der Waals surface area contributed by atoms with Crippen molar-refractivity contribution in [2.75, 3.05) is 6.54 Å². The van der Waals surface area contributed by atoms with E-state index in [4.69, 9.17) is 0 Å². The number of alkyl halides is 10. The summed E-state index contributed by atoms with van der Waals surface area (Å²) in [7, 11) is -4.80. The van der Waals surface area contributed by atoms with Crippen LogP contribution in [0.5, 0.6) is 0 Å². The topological polar surface area (TPSA) is 111 Å². The first kappa shape index (κ1) is 38.4. The molecule has 0 radical (unpaired) electrons. The molecule has 3 aliphatic rings. The number of aromatic nitrogens is 1. The van der Waals surface area contributed by atoms with Gasteiger partial charge in [-0.15, -0.1) is 0 Å². The van der Waals surface area contributed by atoms with Crippen LogP contribution >= 0.6 is 0 Å². The molecular formula is C31H27F11N2O6S. The Morgan fingerprint density at radius 2 is 1.53 bits per heavy atom. The molecule has 1 saturated heterocycles. The van der Waals surface area contributed by atoms with Crippen molar-refractivity contribution < 1.29 is 75.8 Å². The van der Waals surface area contributed by atoms with Gasteiger partial charge in [0.15, 0.2) is 9.84 Å². The Kier molecular flexibility index (Phi) is 9.55. The number of fused-ring (bicyclic) bond motifs is 3. The SMILES string of the molecule is C[C@H]1C[C@H](C(=O)OC(=O)C(F)(F)F)CC[C@H]1C(=O)N1CCC2(S(=O)(=O)c3ccc(F)cc3)c3ncc(C(F)(C(F)(F)F)C(F)(F)F)cc3CCC12. The number of carbonyl (C=O) groups excluding carboxylic acids is 3. The second-order valence-electron chi connectivity index (χ2n) is 12.9. The molecule has 1 aromatic carbocycles. The number of likely N-dealkylation sites (tertiary alicyclic amines) is 1. The zero-order valence-electron chi connectivity index (χ0n) is 26.1. The van der Waals surface area contributed by atoms with Crippen molar-refractivity contribution in [1.29, 1.82) is 0 Å². The van der Waals surface area contributed by atoms with Gasteiger partial charge in [0, 0.05) is 24.2 Å². The molecule has 5 atom stereocenters. The number of hydrogen-bond acceptors (Lipinski definition) is 7. The largest absolute Gasteiger partial charge is 0.491 e. The van der Waals surface area contributed by atoms with Crippen LogP contribution in [-0.2, 0) is 45.8 Å². The van der Waals surface area contributed by atoms with Crippen molar-refractivity contribution >= 4 is 27.7 Å². The van der Waals surface area contributed by atoms with Crippen LogP contribution in [0.25, 0.3) is 0 Å². The van der Waals surface area contributed by atoms with Crippen molar-refractivity contribution in [2.45, 2.75) is 85.3 Å². The summed E-state index contributed by atoms with van der Waals surface area (Å²) in [5.41, 5.74) is -8.75. The third-order valence-electron chi connectivity index (χ3n) is 10.0. The molecule has 20 heteroatoms. The van der Waals surface area contributed by atoms with Gasteiger partial charge in [0.25, 0.3) is 0 Å². The third kappa shape index (κ3) is 6.23. The molecule has 8 nitrogen and oxygen atoms in total. The van der Waals surface area contributed by atoms with Gasteiger partial charge >= 0.3 is 36.1 Å². The maximum absolute atomic E-state index is 15.0. The zero-order chi connectivity index (χ0) is 38.1. The fraction of sp³-hybridized carbons (Fsp3) is 0.548. The number of carbonyl (C=O) groups is 3. The smallest absolute Gasteiger partial charge is 0.386 e. The van der Waals surface area contributed by atoms with Gasteiger partial charge in [0.2, 0.25) is 5.91 Å². The van der Waals surface area contributed by atoms with Gasteiger partial charge in [-0.3, -0.25) is 14.6 Å². The Morgan fingerprint density at radius 3 is 2.08 bits per heavy atom. The van der Waals surface area contributed by atoms with Crippen molar-refractivity contribution in [1.82, 2.24) is 9.88 Å². The maximum Gasteiger partial charge on any atom is 0.491 e. The monoisotopic (exact) mass is 764 g/mol. The summed E-state index contributed by atoms with van der Waals surface area (Å²) in [6.45, 7) is 1.18. The molecular weight excluding hydrogens is 737 g/mol. The van der Waals surface area contributed by atoms with Crippen LogP contribution in [0, 0.1) is 23.6 Å². The van der Waals surface area contributed by atoms with E-state index in [1.165, 1.54) is 11.8 Å². The number of aryl methyl sites for hydroxylation is 1. The van der Waals surface area contributed by atoms with Crippen LogP contribution in [0.1, 0.15) is 55.8 Å². The van der Waals surface area contributed by atoms with Crippen molar-refractivity contribution in [2.24, 2.45) is 17.8 Å². The highest BCUT2D eigenvalue weighted by Gasteiger charge is 2.74. The van der Waals surface area contributed by atoms with Crippen molar-refractivity contribution in [3.05, 3.63) is 59.2 Å². The van der Waals surface area contributed by atoms with Crippen LogP contribution in [0.3, 0.4) is 0 Å². The van der Waals surface area contributed by atoms with E-state index in [9.17, 15) is 66.7 Å². The molecule has 51 heavy (non-hydrogen) atoms. The van der Waals surface area contributed by atoms with Gasteiger partial charge in [0.05, 0.1) is 22.5 Å². The summed E-state index contributed by atoms with van der Waals surface area (Å²) in [5.74, 6) is -8.47. The lowest BCUT2D eigenvalue weighted by molar-refractivity contribution is -0.348. The molecule has 0 N–H and O–H groups in total. The van der Waals surface area contributed by atoms with E-state index < -0.39 is 121 Å². The summed E-state index contributed by atoms with van der Waals surface area (Å²) in [5, 5.41) is 0. The second kappa shape index (κ2) is 12.7. The fourth-order valence-electron chi connectivity index (χ4n) is 7.53. The Balaban J connectivity index is 1.52. The van der Waals surface area contributed by atoms with E-state index in [1.807, 2.05) is 0 Å². The minimum absolute atomic E-state index is 0.0411. The van der Waals surface area contributed by atoms with Gasteiger partial charge in [0.1, 0.15) is 10.6 Å². The molecule has 1 amide bonds. The Bertz CT molecular complexity index is 1810. The number of benzene rings is 1. The standard InChI is InChI=1S/C31H27F11N2O6S/c1-15-12-17(25(46)50-26(47)29(34,35)36)2-8-21(15)24(45)44-11-10-27(51(48,49)20-6-4-19(32)5-7-20)22(44)9-3-16-13-18(14-43-23(16)27)28(33,30(37,38)39)31(40,41)42/h4-7,13-15,17,21-22H,2-3,8-12H2,1H3/t15-,17+,21+,22?,27?/m0/s1. The lowest BCUT2D eigenvalue weighted by Crippen LogP contribution is -2.54. The number of halogens is 11. The highest BCUT2D eigenvalue weighted by molar-refractivity contribution is 7.92. The van der Waals surface area contributed by atoms with Crippen LogP contribution in [0.15, 0.2) is 41.4 Å². The first-order valence-electron chi connectivity index (χ1n) is 15.3. The summed E-state index contributed by atoms with van der Waals surface area (Å²) in [4.78, 5) is 41.9. The summed E-state index contributed by atoms with van der Waals surface area (Å²) >= 11 is 0. The molecule has 0 bridgehead atoms. The number of rotatable bonds is 5. The summed E-state index contributed by atoms with van der Waals surface area (Å²) < 4.78 is 179. The molecule has 2 aliphatic carbocycles. The highest BCUT2D eigenvalue weighted by atomic mass is 32.2. The molecule has 2 unspecified atom stereocenters. The fourth-order valence-corrected chi connectivity index (χ4v) is 9.84. The number of esters is 2. The predicted octanol–water partition coefficient (Wildman–Crippen LogP) is 6.41. The van der Waals surface area contributed by atoms with Crippen LogP contribution < -0.4 is 0 Å². The Morgan fingerprint density at radius 1 is 0.922 bits per heavy atom. The lowest BCUT2D eigenvalue weighted by Gasteiger charge is -2.43. The number of ether oxygens (including phenoxy) is 1. The molecule has 1 aromatic heterocycles. The molecule has 5 rings (SSSR count). The van der Waals surface area contributed by atoms with E-state index in [-0.39, 0.29) is 44.5 Å². The van der Waals surface area contributed by atoms with Crippen LogP contribution in [-0.4, -0.2) is 67.3 Å². The van der Waals surface area contributed by atoms with E-state index >= 15 is 4.39 Å². The molecule has 0 spiro atoms. The first-order valence-corrected chi connectivity index (χ1v) is 16.8.